The zero-order chi connectivity index (χ0) is 14.9. The van der Waals surface area contributed by atoms with Crippen molar-refractivity contribution in [1.29, 1.82) is 0 Å². The average Bonchev–Trinajstić information content (AvgIpc) is 2.84. The van der Waals surface area contributed by atoms with E-state index in [-0.39, 0.29) is 17.5 Å². The Morgan fingerprint density at radius 3 is 2.70 bits per heavy atom. The van der Waals surface area contributed by atoms with Crippen LogP contribution in [0.2, 0.25) is 0 Å². The first kappa shape index (κ1) is 14.4. The second-order valence-corrected chi connectivity index (χ2v) is 5.77. The number of H-pyrrole nitrogens is 2. The van der Waals surface area contributed by atoms with E-state index in [2.05, 4.69) is 9.97 Å². The summed E-state index contributed by atoms with van der Waals surface area (Å²) in [6, 6.07) is 0. The van der Waals surface area contributed by atoms with Gasteiger partial charge in [0.2, 0.25) is 0 Å². The fraction of sp³-hybridized carbons (Fsp3) is 0.615. The second kappa shape index (κ2) is 5.15. The fourth-order valence-electron chi connectivity index (χ4n) is 2.54. The number of piperidine rings is 1. The molecule has 1 unspecified atom stereocenters. The van der Waals surface area contributed by atoms with E-state index < -0.39 is 17.1 Å². The fourth-order valence-corrected chi connectivity index (χ4v) is 2.54. The Labute approximate surface area is 116 Å². The minimum Gasteiger partial charge on any atom is -0.481 e. The molecule has 0 bridgehead atoms. The highest BCUT2D eigenvalue weighted by Crippen LogP contribution is 2.34. The van der Waals surface area contributed by atoms with Crippen molar-refractivity contribution in [3.63, 3.8) is 0 Å². The smallest absolute Gasteiger partial charge is 0.323 e. The Kier molecular flexibility index (Phi) is 3.69. The summed E-state index contributed by atoms with van der Waals surface area (Å²) in [5.41, 5.74) is -1.08. The van der Waals surface area contributed by atoms with Crippen molar-refractivity contribution in [3.05, 3.63) is 22.4 Å². The van der Waals surface area contributed by atoms with Crippen LogP contribution in [0.15, 0.2) is 11.0 Å². The predicted molar refractivity (Wildman–Crippen MR) is 71.5 cm³/mol. The van der Waals surface area contributed by atoms with Crippen LogP contribution in [0.25, 0.3) is 0 Å². The molecule has 0 radical (unpaired) electrons. The molecule has 7 heteroatoms. The number of nitrogens with one attached hydrogen (secondary N) is 2. The lowest BCUT2D eigenvalue weighted by molar-refractivity contribution is -0.151. The highest BCUT2D eigenvalue weighted by molar-refractivity contribution is 5.92. The predicted octanol–water partition coefficient (Wildman–Crippen LogP) is 0.666. The van der Waals surface area contributed by atoms with Gasteiger partial charge in [0.05, 0.1) is 5.41 Å². The molecule has 3 N–H and O–H groups in total. The van der Waals surface area contributed by atoms with Crippen LogP contribution in [0.4, 0.5) is 0 Å². The molecule has 1 aromatic rings. The summed E-state index contributed by atoms with van der Waals surface area (Å²) in [6.45, 7) is 4.35. The van der Waals surface area contributed by atoms with Crippen LogP contribution < -0.4 is 5.69 Å². The van der Waals surface area contributed by atoms with Crippen molar-refractivity contribution in [2.45, 2.75) is 26.7 Å². The third-order valence-corrected chi connectivity index (χ3v) is 4.11. The third-order valence-electron chi connectivity index (χ3n) is 4.11. The lowest BCUT2D eigenvalue weighted by Crippen LogP contribution is -2.47. The zero-order valence-corrected chi connectivity index (χ0v) is 11.6. The van der Waals surface area contributed by atoms with Crippen molar-refractivity contribution in [3.8, 4) is 0 Å². The molecule has 0 spiro atoms. The number of likely N-dealkylation sites (tertiary alicyclic amines) is 1. The molecule has 1 aromatic heterocycles. The van der Waals surface area contributed by atoms with Crippen molar-refractivity contribution < 1.29 is 14.7 Å². The van der Waals surface area contributed by atoms with Crippen molar-refractivity contribution >= 4 is 11.9 Å². The molecule has 1 amide bonds. The van der Waals surface area contributed by atoms with E-state index in [4.69, 9.17) is 0 Å². The molecule has 0 saturated carbocycles. The maximum absolute atomic E-state index is 12.2. The quantitative estimate of drug-likeness (QED) is 0.756. The first-order valence-corrected chi connectivity index (χ1v) is 6.62. The van der Waals surface area contributed by atoms with E-state index >= 15 is 0 Å². The number of rotatable bonds is 3. The SMILES string of the molecule is CC(C)(C(=O)O)C1CCCN(C(=O)c2c[nH]c(=O)[nH]2)C1. The number of hydrogen-bond donors (Lipinski definition) is 3. The van der Waals surface area contributed by atoms with Gasteiger partial charge >= 0.3 is 11.7 Å². The Morgan fingerprint density at radius 1 is 1.45 bits per heavy atom. The van der Waals surface area contributed by atoms with Gasteiger partial charge in [-0.3, -0.25) is 9.59 Å². The molecule has 2 rings (SSSR count). The zero-order valence-electron chi connectivity index (χ0n) is 11.6. The van der Waals surface area contributed by atoms with Gasteiger partial charge in [-0.15, -0.1) is 0 Å². The van der Waals surface area contributed by atoms with E-state index in [0.717, 1.165) is 12.8 Å². The number of imidazole rings is 1. The minimum absolute atomic E-state index is 0.0941. The minimum atomic E-state index is -0.871. The van der Waals surface area contributed by atoms with Crippen LogP contribution in [0.5, 0.6) is 0 Å². The van der Waals surface area contributed by atoms with Gasteiger partial charge in [0.1, 0.15) is 5.69 Å². The molecule has 2 heterocycles. The molecule has 1 fully saturated rings. The number of carboxylic acids is 1. The van der Waals surface area contributed by atoms with Gasteiger partial charge in [-0.25, -0.2) is 4.79 Å². The molecule has 7 nitrogen and oxygen atoms in total. The molecule has 0 aliphatic carbocycles. The number of aliphatic carboxylic acids is 1. The van der Waals surface area contributed by atoms with Crippen LogP contribution in [-0.2, 0) is 4.79 Å². The summed E-state index contributed by atoms with van der Waals surface area (Å²) in [5.74, 6) is -1.22. The molecule has 0 aromatic carbocycles. The van der Waals surface area contributed by atoms with Gasteiger partial charge in [0, 0.05) is 19.3 Å². The monoisotopic (exact) mass is 281 g/mol. The maximum Gasteiger partial charge on any atom is 0.323 e. The van der Waals surface area contributed by atoms with Gasteiger partial charge in [-0.05, 0) is 32.6 Å². The van der Waals surface area contributed by atoms with E-state index in [9.17, 15) is 19.5 Å². The summed E-state index contributed by atoms with van der Waals surface area (Å²) < 4.78 is 0. The highest BCUT2D eigenvalue weighted by Gasteiger charge is 2.40. The molecule has 20 heavy (non-hydrogen) atoms. The third kappa shape index (κ3) is 2.61. The summed E-state index contributed by atoms with van der Waals surface area (Å²) in [5, 5.41) is 9.28. The normalized spacial score (nSPS) is 19.9. The summed E-state index contributed by atoms with van der Waals surface area (Å²) in [6.07, 6.45) is 2.89. The number of aromatic amines is 2. The Bertz CT molecular complexity index is 572. The number of carbonyl (C=O) groups is 2. The summed E-state index contributed by atoms with van der Waals surface area (Å²) in [7, 11) is 0. The van der Waals surface area contributed by atoms with E-state index in [1.54, 1.807) is 18.7 Å². The number of carbonyl (C=O) groups excluding carboxylic acids is 1. The van der Waals surface area contributed by atoms with Crippen LogP contribution >= 0.6 is 0 Å². The van der Waals surface area contributed by atoms with Crippen LogP contribution in [0, 0.1) is 11.3 Å². The van der Waals surface area contributed by atoms with Crippen molar-refractivity contribution in [2.75, 3.05) is 13.1 Å². The molecule has 1 atom stereocenters. The van der Waals surface area contributed by atoms with Crippen LogP contribution in [0.1, 0.15) is 37.2 Å². The van der Waals surface area contributed by atoms with Crippen LogP contribution in [-0.4, -0.2) is 44.9 Å². The van der Waals surface area contributed by atoms with Gasteiger partial charge in [0.25, 0.3) is 5.91 Å². The highest BCUT2D eigenvalue weighted by atomic mass is 16.4. The maximum atomic E-state index is 12.2. The summed E-state index contributed by atoms with van der Waals surface area (Å²) in [4.78, 5) is 41.0. The van der Waals surface area contributed by atoms with Gasteiger partial charge < -0.3 is 20.0 Å². The molecule has 1 aliphatic heterocycles. The molecular weight excluding hydrogens is 262 g/mol. The number of amides is 1. The Balaban J connectivity index is 2.13. The van der Waals surface area contributed by atoms with Crippen molar-refractivity contribution in [1.82, 2.24) is 14.9 Å². The van der Waals surface area contributed by atoms with E-state index in [1.807, 2.05) is 0 Å². The average molecular weight is 281 g/mol. The largest absolute Gasteiger partial charge is 0.481 e. The first-order valence-electron chi connectivity index (χ1n) is 6.62. The number of nitrogens with zero attached hydrogens (tertiary/aromatic N) is 1. The van der Waals surface area contributed by atoms with Crippen molar-refractivity contribution in [2.24, 2.45) is 11.3 Å². The Morgan fingerprint density at radius 2 is 2.15 bits per heavy atom. The number of aromatic nitrogens is 2. The Hall–Kier alpha value is -2.05. The molecule has 110 valence electrons. The molecular formula is C13H19N3O4. The van der Waals surface area contributed by atoms with Gasteiger partial charge in [-0.2, -0.15) is 0 Å². The van der Waals surface area contributed by atoms with Crippen LogP contribution in [0.3, 0.4) is 0 Å². The summed E-state index contributed by atoms with van der Waals surface area (Å²) >= 11 is 0. The molecule has 1 aliphatic rings. The second-order valence-electron chi connectivity index (χ2n) is 5.77. The van der Waals surface area contributed by atoms with Gasteiger partial charge in [-0.1, -0.05) is 0 Å². The van der Waals surface area contributed by atoms with E-state index in [1.165, 1.54) is 6.20 Å². The first-order chi connectivity index (χ1) is 9.32. The van der Waals surface area contributed by atoms with E-state index in [0.29, 0.717) is 13.1 Å². The number of hydrogen-bond acceptors (Lipinski definition) is 3. The molecule has 1 saturated heterocycles. The standard InChI is InChI=1S/C13H19N3O4/c1-13(2,11(18)19)8-4-3-5-16(7-8)10(17)9-6-14-12(20)15-9/h6,8H,3-5,7H2,1-2H3,(H,18,19)(H2,14,15,20). The number of carboxylic acid groups (broad SMARTS) is 1. The lowest BCUT2D eigenvalue weighted by atomic mass is 9.74. The lowest BCUT2D eigenvalue weighted by Gasteiger charge is -2.39. The van der Waals surface area contributed by atoms with Gasteiger partial charge in [0.15, 0.2) is 0 Å². The topological polar surface area (TPSA) is 106 Å².